The SMILES string of the molecule is CC1=C(C(=O)O)Cc2c(C)cc(C)cc21. The number of benzene rings is 1. The third kappa shape index (κ3) is 1.46. The molecule has 0 unspecified atom stereocenters. The third-order valence-electron chi connectivity index (χ3n) is 3.09. The summed E-state index contributed by atoms with van der Waals surface area (Å²) in [6, 6.07) is 4.19. The molecule has 1 aromatic rings. The van der Waals surface area contributed by atoms with Crippen molar-refractivity contribution >= 4 is 11.5 Å². The maximum Gasteiger partial charge on any atom is 0.332 e. The molecule has 78 valence electrons. The lowest BCUT2D eigenvalue weighted by Gasteiger charge is -2.06. The van der Waals surface area contributed by atoms with E-state index in [9.17, 15) is 4.79 Å². The van der Waals surface area contributed by atoms with Gasteiger partial charge in [0.25, 0.3) is 0 Å². The maximum absolute atomic E-state index is 11.0. The van der Waals surface area contributed by atoms with Gasteiger partial charge in [-0.25, -0.2) is 4.79 Å². The number of rotatable bonds is 1. The highest BCUT2D eigenvalue weighted by molar-refractivity contribution is 5.99. The van der Waals surface area contributed by atoms with E-state index in [1.807, 2.05) is 20.8 Å². The first-order valence-electron chi connectivity index (χ1n) is 5.04. The van der Waals surface area contributed by atoms with Gasteiger partial charge >= 0.3 is 5.97 Å². The number of hydrogen-bond donors (Lipinski definition) is 1. The first-order valence-corrected chi connectivity index (χ1v) is 5.04. The summed E-state index contributed by atoms with van der Waals surface area (Å²) in [5.41, 5.74) is 6.14. The van der Waals surface area contributed by atoms with E-state index in [0.717, 1.165) is 11.1 Å². The van der Waals surface area contributed by atoms with Crippen LogP contribution in [0.2, 0.25) is 0 Å². The minimum Gasteiger partial charge on any atom is -0.478 e. The van der Waals surface area contributed by atoms with Gasteiger partial charge in [0.1, 0.15) is 0 Å². The van der Waals surface area contributed by atoms with Crippen molar-refractivity contribution in [1.29, 1.82) is 0 Å². The van der Waals surface area contributed by atoms with Gasteiger partial charge in [0.05, 0.1) is 0 Å². The average Bonchev–Trinajstić information content (AvgIpc) is 2.44. The fourth-order valence-corrected chi connectivity index (χ4v) is 2.27. The molecule has 1 aromatic carbocycles. The maximum atomic E-state index is 11.0. The summed E-state index contributed by atoms with van der Waals surface area (Å²) in [4.78, 5) is 11.0. The van der Waals surface area contributed by atoms with E-state index in [2.05, 4.69) is 12.1 Å². The van der Waals surface area contributed by atoms with Gasteiger partial charge in [0.15, 0.2) is 0 Å². The molecule has 2 heteroatoms. The first-order chi connectivity index (χ1) is 7.00. The molecule has 0 fully saturated rings. The molecule has 2 rings (SSSR count). The molecule has 15 heavy (non-hydrogen) atoms. The standard InChI is InChI=1S/C13H14O2/c1-7-4-8(2)10-6-12(13(14)15)9(3)11(10)5-7/h4-5H,6H2,1-3H3,(H,14,15). The molecule has 0 bridgehead atoms. The van der Waals surface area contributed by atoms with Crippen molar-refractivity contribution < 1.29 is 9.90 Å². The predicted molar refractivity (Wildman–Crippen MR) is 59.8 cm³/mol. The minimum absolute atomic E-state index is 0.540. The summed E-state index contributed by atoms with van der Waals surface area (Å²) in [5.74, 6) is -0.791. The van der Waals surface area contributed by atoms with Crippen LogP contribution in [0.5, 0.6) is 0 Å². The molecule has 1 N–H and O–H groups in total. The molecule has 0 heterocycles. The van der Waals surface area contributed by atoms with Crippen molar-refractivity contribution in [2.75, 3.05) is 0 Å². The van der Waals surface area contributed by atoms with Crippen LogP contribution in [0, 0.1) is 13.8 Å². The van der Waals surface area contributed by atoms with Gasteiger partial charge < -0.3 is 5.11 Å². The van der Waals surface area contributed by atoms with E-state index in [0.29, 0.717) is 12.0 Å². The van der Waals surface area contributed by atoms with E-state index in [1.165, 1.54) is 16.7 Å². The Bertz CT molecular complexity index is 482. The number of carboxylic acid groups (broad SMARTS) is 1. The van der Waals surface area contributed by atoms with E-state index < -0.39 is 5.97 Å². The summed E-state index contributed by atoms with van der Waals surface area (Å²) >= 11 is 0. The fraction of sp³-hybridized carbons (Fsp3) is 0.308. The Labute approximate surface area is 89.2 Å². The van der Waals surface area contributed by atoms with E-state index >= 15 is 0 Å². The molecule has 0 aliphatic heterocycles. The molecular formula is C13H14O2. The van der Waals surface area contributed by atoms with E-state index in [-0.39, 0.29) is 0 Å². The van der Waals surface area contributed by atoms with Crippen molar-refractivity contribution in [2.45, 2.75) is 27.2 Å². The normalized spacial score (nSPS) is 14.3. The largest absolute Gasteiger partial charge is 0.478 e. The summed E-state index contributed by atoms with van der Waals surface area (Å²) in [6.45, 7) is 5.98. The quantitative estimate of drug-likeness (QED) is 0.760. The van der Waals surface area contributed by atoms with Crippen molar-refractivity contribution in [3.63, 3.8) is 0 Å². The smallest absolute Gasteiger partial charge is 0.332 e. The monoisotopic (exact) mass is 202 g/mol. The molecule has 2 nitrogen and oxygen atoms in total. The highest BCUT2D eigenvalue weighted by atomic mass is 16.4. The van der Waals surface area contributed by atoms with Crippen LogP contribution in [0.15, 0.2) is 17.7 Å². The lowest BCUT2D eigenvalue weighted by Crippen LogP contribution is -2.01. The average molecular weight is 202 g/mol. The molecular weight excluding hydrogens is 188 g/mol. The van der Waals surface area contributed by atoms with Gasteiger partial charge in [0, 0.05) is 12.0 Å². The van der Waals surface area contributed by atoms with Gasteiger partial charge in [-0.05, 0) is 43.0 Å². The lowest BCUT2D eigenvalue weighted by molar-refractivity contribution is -0.132. The molecule has 0 spiro atoms. The lowest BCUT2D eigenvalue weighted by atomic mass is 9.99. The van der Waals surface area contributed by atoms with Gasteiger partial charge in [-0.1, -0.05) is 17.7 Å². The number of carboxylic acids is 1. The van der Waals surface area contributed by atoms with Crippen LogP contribution in [0.1, 0.15) is 29.2 Å². The van der Waals surface area contributed by atoms with Crippen molar-refractivity contribution in [3.8, 4) is 0 Å². The zero-order valence-electron chi connectivity index (χ0n) is 9.22. The van der Waals surface area contributed by atoms with Gasteiger partial charge in [-0.15, -0.1) is 0 Å². The first kappa shape index (κ1) is 9.97. The Morgan fingerprint density at radius 1 is 1.27 bits per heavy atom. The second-order valence-electron chi connectivity index (χ2n) is 4.19. The third-order valence-corrected chi connectivity index (χ3v) is 3.09. The summed E-state index contributed by atoms with van der Waals surface area (Å²) in [7, 11) is 0. The molecule has 0 atom stereocenters. The predicted octanol–water partition coefficient (Wildman–Crippen LogP) is 2.72. The zero-order valence-corrected chi connectivity index (χ0v) is 9.22. The zero-order chi connectivity index (χ0) is 11.2. The Morgan fingerprint density at radius 2 is 1.93 bits per heavy atom. The molecule has 0 saturated heterocycles. The number of fused-ring (bicyclic) bond motifs is 1. The molecule has 0 radical (unpaired) electrons. The Balaban J connectivity index is 2.62. The number of allylic oxidation sites excluding steroid dienone is 1. The number of aliphatic carboxylic acids is 1. The van der Waals surface area contributed by atoms with E-state index in [1.54, 1.807) is 0 Å². The topological polar surface area (TPSA) is 37.3 Å². The Morgan fingerprint density at radius 3 is 2.53 bits per heavy atom. The number of hydrogen-bond acceptors (Lipinski definition) is 1. The highest BCUT2D eigenvalue weighted by Crippen LogP contribution is 2.35. The fourth-order valence-electron chi connectivity index (χ4n) is 2.27. The van der Waals surface area contributed by atoms with Crippen LogP contribution < -0.4 is 0 Å². The van der Waals surface area contributed by atoms with Gasteiger partial charge in [0.2, 0.25) is 0 Å². The van der Waals surface area contributed by atoms with Gasteiger partial charge in [-0.2, -0.15) is 0 Å². The second kappa shape index (κ2) is 3.23. The van der Waals surface area contributed by atoms with Gasteiger partial charge in [-0.3, -0.25) is 0 Å². The van der Waals surface area contributed by atoms with Crippen molar-refractivity contribution in [1.82, 2.24) is 0 Å². The summed E-state index contributed by atoms with van der Waals surface area (Å²) in [5, 5.41) is 9.06. The van der Waals surface area contributed by atoms with Crippen LogP contribution in [0.4, 0.5) is 0 Å². The molecule has 0 amide bonds. The highest BCUT2D eigenvalue weighted by Gasteiger charge is 2.24. The molecule has 0 saturated carbocycles. The van der Waals surface area contributed by atoms with E-state index in [4.69, 9.17) is 5.11 Å². The molecule has 1 aliphatic rings. The summed E-state index contributed by atoms with van der Waals surface area (Å²) < 4.78 is 0. The van der Waals surface area contributed by atoms with Crippen LogP contribution in [-0.4, -0.2) is 11.1 Å². The van der Waals surface area contributed by atoms with Crippen LogP contribution in [0.25, 0.3) is 5.57 Å². The minimum atomic E-state index is -0.791. The summed E-state index contributed by atoms with van der Waals surface area (Å²) in [6.07, 6.45) is 0.572. The van der Waals surface area contributed by atoms with Crippen molar-refractivity contribution in [2.24, 2.45) is 0 Å². The van der Waals surface area contributed by atoms with Crippen molar-refractivity contribution in [3.05, 3.63) is 40.0 Å². The molecule has 0 aromatic heterocycles. The van der Waals surface area contributed by atoms with Crippen LogP contribution in [0.3, 0.4) is 0 Å². The Hall–Kier alpha value is -1.57. The second-order valence-corrected chi connectivity index (χ2v) is 4.19. The molecule has 1 aliphatic carbocycles. The number of aryl methyl sites for hydroxylation is 2. The van der Waals surface area contributed by atoms with Crippen LogP contribution >= 0.6 is 0 Å². The number of carbonyl (C=O) groups is 1. The van der Waals surface area contributed by atoms with Crippen LogP contribution in [-0.2, 0) is 11.2 Å². The Kier molecular flexibility index (Phi) is 2.14.